The second-order valence-corrected chi connectivity index (χ2v) is 10.0. The van der Waals surface area contributed by atoms with Crippen LogP contribution < -0.4 is 10.1 Å². The molecule has 1 N–H and O–H groups in total. The Morgan fingerprint density at radius 2 is 2.00 bits per heavy atom. The van der Waals surface area contributed by atoms with Crippen LogP contribution >= 0.6 is 0 Å². The van der Waals surface area contributed by atoms with Gasteiger partial charge in [0, 0.05) is 19.0 Å². The summed E-state index contributed by atoms with van der Waals surface area (Å²) in [6, 6.07) is 12.8. The highest BCUT2D eigenvalue weighted by Crippen LogP contribution is 2.32. The number of amides is 1. The molecule has 0 radical (unpaired) electrons. The fourth-order valence-electron chi connectivity index (χ4n) is 4.15. The van der Waals surface area contributed by atoms with Gasteiger partial charge in [-0.1, -0.05) is 31.2 Å². The van der Waals surface area contributed by atoms with Crippen LogP contribution in [0, 0.1) is 11.8 Å². The van der Waals surface area contributed by atoms with Gasteiger partial charge in [0.25, 0.3) is 0 Å². The molecule has 1 fully saturated rings. The number of hydrogen-bond donors (Lipinski definition) is 1. The van der Waals surface area contributed by atoms with E-state index in [1.165, 1.54) is 5.56 Å². The van der Waals surface area contributed by atoms with Crippen molar-refractivity contribution in [2.75, 3.05) is 33.5 Å². The highest BCUT2D eigenvalue weighted by molar-refractivity contribution is 5.88. The lowest BCUT2D eigenvalue weighted by Gasteiger charge is -2.25. The van der Waals surface area contributed by atoms with Crippen molar-refractivity contribution in [3.63, 3.8) is 0 Å². The van der Waals surface area contributed by atoms with Gasteiger partial charge in [-0.3, -0.25) is 0 Å². The summed E-state index contributed by atoms with van der Waals surface area (Å²) in [5.41, 5.74) is 0.782. The Bertz CT molecular complexity index is 903. The molecule has 0 aliphatic carbocycles. The molecule has 0 bridgehead atoms. The third-order valence-corrected chi connectivity index (χ3v) is 5.97. The Morgan fingerprint density at radius 1 is 1.21 bits per heavy atom. The van der Waals surface area contributed by atoms with Gasteiger partial charge >= 0.3 is 6.09 Å². The number of epoxide rings is 1. The van der Waals surface area contributed by atoms with E-state index in [0.717, 1.165) is 42.4 Å². The van der Waals surface area contributed by atoms with Crippen LogP contribution in [-0.2, 0) is 20.6 Å². The van der Waals surface area contributed by atoms with E-state index in [1.807, 2.05) is 32.9 Å². The molecule has 1 aliphatic heterocycles. The van der Waals surface area contributed by atoms with E-state index in [0.29, 0.717) is 37.7 Å². The fraction of sp³-hybridized carbons (Fsp3) is 0.593. The van der Waals surface area contributed by atoms with Gasteiger partial charge < -0.3 is 24.3 Å². The van der Waals surface area contributed by atoms with Crippen molar-refractivity contribution in [2.45, 2.75) is 58.7 Å². The monoisotopic (exact) mass is 457 g/mol. The summed E-state index contributed by atoms with van der Waals surface area (Å²) in [6.45, 7) is 10.5. The van der Waals surface area contributed by atoms with E-state index in [4.69, 9.17) is 18.9 Å². The molecule has 3 atom stereocenters. The van der Waals surface area contributed by atoms with E-state index in [-0.39, 0.29) is 6.09 Å². The number of carbonyl (C=O) groups excluding carboxylic acids is 1. The molecule has 1 aliphatic rings. The smallest absolute Gasteiger partial charge is 0.407 e. The van der Waals surface area contributed by atoms with Crippen LogP contribution in [0.2, 0.25) is 0 Å². The topological polar surface area (TPSA) is 69.3 Å². The van der Waals surface area contributed by atoms with Gasteiger partial charge in [-0.25, -0.2) is 4.79 Å². The van der Waals surface area contributed by atoms with Crippen LogP contribution in [0.5, 0.6) is 5.75 Å². The van der Waals surface area contributed by atoms with Crippen LogP contribution in [0.15, 0.2) is 36.4 Å². The number of carbonyl (C=O) groups is 1. The number of hydrogen-bond acceptors (Lipinski definition) is 5. The zero-order valence-electron chi connectivity index (χ0n) is 20.7. The zero-order valence-corrected chi connectivity index (χ0v) is 20.7. The minimum Gasteiger partial charge on any atom is -0.491 e. The van der Waals surface area contributed by atoms with Gasteiger partial charge in [-0.15, -0.1) is 0 Å². The molecule has 0 saturated carbocycles. The van der Waals surface area contributed by atoms with Gasteiger partial charge in [0.1, 0.15) is 18.0 Å². The van der Waals surface area contributed by atoms with E-state index >= 15 is 0 Å². The minimum absolute atomic E-state index is 0.358. The molecular weight excluding hydrogens is 418 g/mol. The van der Waals surface area contributed by atoms with Gasteiger partial charge in [0.2, 0.25) is 0 Å². The lowest BCUT2D eigenvalue weighted by molar-refractivity contribution is 0.0523. The van der Waals surface area contributed by atoms with Crippen molar-refractivity contribution in [2.24, 2.45) is 11.8 Å². The van der Waals surface area contributed by atoms with Crippen molar-refractivity contribution >= 4 is 16.9 Å². The largest absolute Gasteiger partial charge is 0.491 e. The first kappa shape index (κ1) is 25.3. The fourth-order valence-corrected chi connectivity index (χ4v) is 4.15. The molecule has 6 nitrogen and oxygen atoms in total. The number of methoxy groups -OCH3 is 1. The lowest BCUT2D eigenvalue weighted by Crippen LogP contribution is -2.34. The summed E-state index contributed by atoms with van der Waals surface area (Å²) < 4.78 is 21.9. The lowest BCUT2D eigenvalue weighted by atomic mass is 9.82. The summed E-state index contributed by atoms with van der Waals surface area (Å²) >= 11 is 0. The van der Waals surface area contributed by atoms with E-state index in [9.17, 15) is 4.79 Å². The van der Waals surface area contributed by atoms with Gasteiger partial charge in [0.05, 0.1) is 19.3 Å². The Morgan fingerprint density at radius 3 is 2.70 bits per heavy atom. The predicted molar refractivity (Wildman–Crippen MR) is 131 cm³/mol. The first-order valence-corrected chi connectivity index (χ1v) is 12.0. The molecule has 1 heterocycles. The van der Waals surface area contributed by atoms with Crippen molar-refractivity contribution in [3.8, 4) is 5.75 Å². The molecule has 6 heteroatoms. The molecule has 1 amide bonds. The second-order valence-electron chi connectivity index (χ2n) is 10.0. The normalized spacial score (nSPS) is 17.4. The average molecular weight is 458 g/mol. The SMILES string of the molecule is COCCOc1cccc2ccc(CC(CCNC(=O)OC(C)(C)C)C(C)CC3CO3)cc12. The van der Waals surface area contributed by atoms with Crippen molar-refractivity contribution in [1.82, 2.24) is 5.32 Å². The quantitative estimate of drug-likeness (QED) is 0.343. The van der Waals surface area contributed by atoms with Crippen LogP contribution in [0.4, 0.5) is 4.79 Å². The van der Waals surface area contributed by atoms with Crippen molar-refractivity contribution in [3.05, 3.63) is 42.0 Å². The van der Waals surface area contributed by atoms with Crippen molar-refractivity contribution in [1.29, 1.82) is 0 Å². The Balaban J connectivity index is 1.68. The molecule has 2 aromatic rings. The number of rotatable bonds is 12. The van der Waals surface area contributed by atoms with Gasteiger partial charge in [0.15, 0.2) is 0 Å². The average Bonchev–Trinajstić information content (AvgIpc) is 3.56. The minimum atomic E-state index is -0.492. The number of nitrogens with one attached hydrogen (secondary N) is 1. The zero-order chi connectivity index (χ0) is 23.8. The van der Waals surface area contributed by atoms with Crippen LogP contribution in [0.3, 0.4) is 0 Å². The Labute approximate surface area is 197 Å². The summed E-state index contributed by atoms with van der Waals surface area (Å²) in [6.07, 6.45) is 2.90. The third-order valence-electron chi connectivity index (χ3n) is 5.97. The van der Waals surface area contributed by atoms with Crippen molar-refractivity contribution < 1.29 is 23.7 Å². The van der Waals surface area contributed by atoms with Crippen LogP contribution in [0.1, 0.15) is 46.1 Å². The summed E-state index contributed by atoms with van der Waals surface area (Å²) in [5, 5.41) is 5.21. The summed E-state index contributed by atoms with van der Waals surface area (Å²) in [4.78, 5) is 12.1. The second kappa shape index (κ2) is 11.7. The first-order chi connectivity index (χ1) is 15.7. The maximum absolute atomic E-state index is 12.1. The number of ether oxygens (including phenoxy) is 4. The summed E-state index contributed by atoms with van der Waals surface area (Å²) in [7, 11) is 1.68. The van der Waals surface area contributed by atoms with Crippen LogP contribution in [0.25, 0.3) is 10.8 Å². The molecule has 2 aromatic carbocycles. The molecular formula is C27H39NO5. The Kier molecular flexibility index (Phi) is 8.98. The molecule has 0 aromatic heterocycles. The molecule has 182 valence electrons. The molecule has 1 saturated heterocycles. The van der Waals surface area contributed by atoms with E-state index in [1.54, 1.807) is 7.11 Å². The van der Waals surface area contributed by atoms with Gasteiger partial charge in [-0.2, -0.15) is 0 Å². The number of fused-ring (bicyclic) bond motifs is 1. The third kappa shape index (κ3) is 8.52. The maximum Gasteiger partial charge on any atom is 0.407 e. The molecule has 3 unspecified atom stereocenters. The molecule has 0 spiro atoms. The molecule has 33 heavy (non-hydrogen) atoms. The maximum atomic E-state index is 12.1. The summed E-state index contributed by atoms with van der Waals surface area (Å²) in [5.74, 6) is 1.79. The van der Waals surface area contributed by atoms with E-state index < -0.39 is 5.60 Å². The Hall–Kier alpha value is -2.31. The predicted octanol–water partition coefficient (Wildman–Crippen LogP) is 5.36. The highest BCUT2D eigenvalue weighted by Gasteiger charge is 2.29. The highest BCUT2D eigenvalue weighted by atomic mass is 16.6. The standard InChI is InChI=1S/C27H39NO5/c1-19(15-23-18-32-23)22(11-12-28-26(29)33-27(2,3)4)16-20-9-10-21-7-6-8-25(24(21)17-20)31-14-13-30-5/h6-10,17,19,22-23H,11-16,18H2,1-5H3,(H,28,29). The first-order valence-electron chi connectivity index (χ1n) is 12.0. The number of benzene rings is 2. The molecule has 3 rings (SSSR count). The van der Waals surface area contributed by atoms with Gasteiger partial charge in [-0.05, 0) is 75.0 Å². The number of alkyl carbamates (subject to hydrolysis) is 1. The van der Waals surface area contributed by atoms with Crippen LogP contribution in [-0.4, -0.2) is 51.3 Å². The van der Waals surface area contributed by atoms with E-state index in [2.05, 4.69) is 36.5 Å².